The second-order valence-corrected chi connectivity index (χ2v) is 5.97. The van der Waals surface area contributed by atoms with E-state index in [1.165, 1.54) is 0 Å². The fourth-order valence-corrected chi connectivity index (χ4v) is 2.85. The number of nitrogens with one attached hydrogen (secondary N) is 3. The van der Waals surface area contributed by atoms with E-state index < -0.39 is 6.04 Å². The highest BCUT2D eigenvalue weighted by Gasteiger charge is 2.22. The van der Waals surface area contributed by atoms with Crippen molar-refractivity contribution in [2.45, 2.75) is 31.7 Å². The zero-order chi connectivity index (χ0) is 16.8. The maximum atomic E-state index is 11.9. The molecule has 7 nitrogen and oxygen atoms in total. The molecule has 2 heterocycles. The lowest BCUT2D eigenvalue weighted by Gasteiger charge is -2.19. The van der Waals surface area contributed by atoms with Gasteiger partial charge < -0.3 is 25.4 Å². The standard InChI is InChI=1S/C17H23N3O4/c21-16-13(3-1-2-7-18-16)20-17(22)19-8-6-12-4-5-14-15(11-12)24-10-9-23-14/h4-5,11,13H,1-3,6-10H2,(H,18,21)(H2,19,20,22)/t13-/m0/s1. The number of amides is 3. The molecule has 3 N–H and O–H groups in total. The summed E-state index contributed by atoms with van der Waals surface area (Å²) in [5.74, 6) is 1.41. The predicted octanol–water partition coefficient (Wildman–Crippen LogP) is 0.968. The fourth-order valence-electron chi connectivity index (χ4n) is 2.85. The third-order valence-corrected chi connectivity index (χ3v) is 4.15. The molecule has 0 radical (unpaired) electrons. The van der Waals surface area contributed by atoms with Gasteiger partial charge in [-0.05, 0) is 43.4 Å². The van der Waals surface area contributed by atoms with Gasteiger partial charge in [-0.3, -0.25) is 4.79 Å². The minimum Gasteiger partial charge on any atom is -0.486 e. The molecule has 0 spiro atoms. The lowest BCUT2D eigenvalue weighted by atomic mass is 10.1. The molecule has 1 aromatic carbocycles. The summed E-state index contributed by atoms with van der Waals surface area (Å²) in [6, 6.07) is 5.04. The molecule has 3 rings (SSSR count). The molecule has 1 fully saturated rings. The van der Waals surface area contributed by atoms with Crippen LogP contribution in [0.2, 0.25) is 0 Å². The number of rotatable bonds is 4. The first-order valence-corrected chi connectivity index (χ1v) is 8.43. The average Bonchev–Trinajstić information content (AvgIpc) is 2.79. The van der Waals surface area contributed by atoms with Gasteiger partial charge in [-0.1, -0.05) is 6.07 Å². The van der Waals surface area contributed by atoms with Crippen molar-refractivity contribution in [3.05, 3.63) is 23.8 Å². The second kappa shape index (κ2) is 7.90. The number of fused-ring (bicyclic) bond motifs is 1. The van der Waals surface area contributed by atoms with Crippen LogP contribution in [0.3, 0.4) is 0 Å². The van der Waals surface area contributed by atoms with Crippen LogP contribution in [-0.4, -0.2) is 44.3 Å². The molecule has 1 saturated heterocycles. The summed E-state index contributed by atoms with van der Waals surface area (Å²) in [6.07, 6.45) is 3.25. The first-order valence-electron chi connectivity index (χ1n) is 8.43. The molecule has 7 heteroatoms. The Bertz CT molecular complexity index is 605. The van der Waals surface area contributed by atoms with E-state index in [9.17, 15) is 9.59 Å². The first-order chi connectivity index (χ1) is 11.7. The molecule has 0 unspecified atom stereocenters. The molecule has 2 aliphatic rings. The van der Waals surface area contributed by atoms with Gasteiger partial charge in [0.2, 0.25) is 5.91 Å². The van der Waals surface area contributed by atoms with Crippen LogP contribution < -0.4 is 25.4 Å². The third-order valence-electron chi connectivity index (χ3n) is 4.15. The normalized spacial score (nSPS) is 19.8. The Morgan fingerprint density at radius 3 is 2.92 bits per heavy atom. The van der Waals surface area contributed by atoms with Gasteiger partial charge in [0.05, 0.1) is 0 Å². The average molecular weight is 333 g/mol. The lowest BCUT2D eigenvalue weighted by Crippen LogP contribution is -2.49. The number of carbonyl (C=O) groups is 2. The molecule has 0 bridgehead atoms. The number of urea groups is 1. The smallest absolute Gasteiger partial charge is 0.315 e. The van der Waals surface area contributed by atoms with Crippen molar-refractivity contribution in [1.29, 1.82) is 0 Å². The van der Waals surface area contributed by atoms with E-state index in [4.69, 9.17) is 9.47 Å². The largest absolute Gasteiger partial charge is 0.486 e. The van der Waals surface area contributed by atoms with E-state index in [0.717, 1.165) is 29.9 Å². The number of carbonyl (C=O) groups excluding carboxylic acids is 2. The van der Waals surface area contributed by atoms with Gasteiger partial charge in [0.15, 0.2) is 11.5 Å². The van der Waals surface area contributed by atoms with Crippen LogP contribution >= 0.6 is 0 Å². The van der Waals surface area contributed by atoms with Crippen LogP contribution in [0.1, 0.15) is 24.8 Å². The number of benzene rings is 1. The summed E-state index contributed by atoms with van der Waals surface area (Å²) in [6.45, 7) is 2.30. The van der Waals surface area contributed by atoms with Gasteiger partial charge >= 0.3 is 6.03 Å². The van der Waals surface area contributed by atoms with Crippen LogP contribution in [0.15, 0.2) is 18.2 Å². The van der Waals surface area contributed by atoms with Crippen LogP contribution in [-0.2, 0) is 11.2 Å². The van der Waals surface area contributed by atoms with Gasteiger partial charge in [-0.2, -0.15) is 0 Å². The molecule has 2 aliphatic heterocycles. The summed E-state index contributed by atoms with van der Waals surface area (Å²) in [4.78, 5) is 23.7. The van der Waals surface area contributed by atoms with Crippen molar-refractivity contribution in [1.82, 2.24) is 16.0 Å². The summed E-state index contributed by atoms with van der Waals surface area (Å²) >= 11 is 0. The highest BCUT2D eigenvalue weighted by Crippen LogP contribution is 2.30. The maximum absolute atomic E-state index is 11.9. The molecule has 3 amide bonds. The van der Waals surface area contributed by atoms with Crippen LogP contribution in [0, 0.1) is 0 Å². The summed E-state index contributed by atoms with van der Waals surface area (Å²) in [5, 5.41) is 8.34. The van der Waals surface area contributed by atoms with E-state index in [0.29, 0.717) is 39.1 Å². The number of hydrogen-bond donors (Lipinski definition) is 3. The van der Waals surface area contributed by atoms with Gasteiger partial charge in [0.1, 0.15) is 19.3 Å². The fraction of sp³-hybridized carbons (Fsp3) is 0.529. The van der Waals surface area contributed by atoms with E-state index in [1.807, 2.05) is 18.2 Å². The Kier molecular flexibility index (Phi) is 5.40. The summed E-state index contributed by atoms with van der Waals surface area (Å²) < 4.78 is 11.0. The second-order valence-electron chi connectivity index (χ2n) is 5.97. The van der Waals surface area contributed by atoms with Crippen molar-refractivity contribution < 1.29 is 19.1 Å². The van der Waals surface area contributed by atoms with Crippen LogP contribution in [0.4, 0.5) is 4.79 Å². The van der Waals surface area contributed by atoms with Gasteiger partial charge in [0.25, 0.3) is 0 Å². The third kappa shape index (κ3) is 4.31. The highest BCUT2D eigenvalue weighted by molar-refractivity contribution is 5.87. The quantitative estimate of drug-likeness (QED) is 0.766. The molecule has 0 aromatic heterocycles. The molecular formula is C17H23N3O4. The Labute approximate surface area is 141 Å². The Hall–Kier alpha value is -2.44. The zero-order valence-electron chi connectivity index (χ0n) is 13.6. The molecule has 0 aliphatic carbocycles. The monoisotopic (exact) mass is 333 g/mol. The van der Waals surface area contributed by atoms with Crippen molar-refractivity contribution >= 4 is 11.9 Å². The first kappa shape index (κ1) is 16.4. The number of ether oxygens (including phenoxy) is 2. The van der Waals surface area contributed by atoms with Crippen molar-refractivity contribution in [2.75, 3.05) is 26.3 Å². The van der Waals surface area contributed by atoms with E-state index in [2.05, 4.69) is 16.0 Å². The Morgan fingerprint density at radius 1 is 1.21 bits per heavy atom. The zero-order valence-corrected chi connectivity index (χ0v) is 13.6. The highest BCUT2D eigenvalue weighted by atomic mass is 16.6. The minimum atomic E-state index is -0.443. The van der Waals surface area contributed by atoms with Crippen molar-refractivity contribution in [3.63, 3.8) is 0 Å². The molecule has 130 valence electrons. The van der Waals surface area contributed by atoms with Gasteiger partial charge in [-0.25, -0.2) is 4.79 Å². The molecule has 24 heavy (non-hydrogen) atoms. The maximum Gasteiger partial charge on any atom is 0.315 e. The van der Waals surface area contributed by atoms with Gasteiger partial charge in [0, 0.05) is 13.1 Å². The van der Waals surface area contributed by atoms with E-state index >= 15 is 0 Å². The topological polar surface area (TPSA) is 88.7 Å². The molecular weight excluding hydrogens is 310 g/mol. The van der Waals surface area contributed by atoms with Gasteiger partial charge in [-0.15, -0.1) is 0 Å². The lowest BCUT2D eigenvalue weighted by molar-refractivity contribution is -0.122. The SMILES string of the molecule is O=C(NCCc1ccc2c(c1)OCCO2)N[C@H]1CCCCNC1=O. The molecule has 1 aromatic rings. The van der Waals surface area contributed by atoms with Crippen LogP contribution in [0.5, 0.6) is 11.5 Å². The Morgan fingerprint density at radius 2 is 2.04 bits per heavy atom. The van der Waals surface area contributed by atoms with E-state index in [-0.39, 0.29) is 11.9 Å². The van der Waals surface area contributed by atoms with Crippen molar-refractivity contribution in [3.8, 4) is 11.5 Å². The van der Waals surface area contributed by atoms with E-state index in [1.54, 1.807) is 0 Å². The molecule has 0 saturated carbocycles. The predicted molar refractivity (Wildman–Crippen MR) is 88.3 cm³/mol. The summed E-state index contributed by atoms with van der Waals surface area (Å²) in [7, 11) is 0. The number of hydrogen-bond acceptors (Lipinski definition) is 4. The Balaban J connectivity index is 1.44. The summed E-state index contributed by atoms with van der Waals surface area (Å²) in [5.41, 5.74) is 1.06. The van der Waals surface area contributed by atoms with Crippen molar-refractivity contribution in [2.24, 2.45) is 0 Å². The van der Waals surface area contributed by atoms with Crippen LogP contribution in [0.25, 0.3) is 0 Å². The minimum absolute atomic E-state index is 0.102. The molecule has 1 atom stereocenters.